The number of halogens is 1. The predicted octanol–water partition coefficient (Wildman–Crippen LogP) is 4.85. The lowest BCUT2D eigenvalue weighted by molar-refractivity contribution is -0.0239. The quantitative estimate of drug-likeness (QED) is 0.395. The lowest BCUT2D eigenvalue weighted by Gasteiger charge is -2.44. The van der Waals surface area contributed by atoms with Crippen molar-refractivity contribution in [2.75, 3.05) is 40.0 Å². The van der Waals surface area contributed by atoms with Crippen molar-refractivity contribution in [2.45, 2.75) is 25.8 Å². The molecule has 4 aromatic rings. The van der Waals surface area contributed by atoms with Crippen molar-refractivity contribution in [3.05, 3.63) is 48.2 Å². The molecule has 188 valence electrons. The first-order valence-corrected chi connectivity index (χ1v) is 12.3. The number of nitrogens with one attached hydrogen (secondary N) is 1. The third kappa shape index (κ3) is 4.33. The molecule has 2 aromatic heterocycles. The zero-order valence-electron chi connectivity index (χ0n) is 20.4. The minimum absolute atomic E-state index is 0.0978. The molecule has 1 saturated carbocycles. The summed E-state index contributed by atoms with van der Waals surface area (Å²) >= 11 is 0. The molecule has 2 aliphatic rings. The van der Waals surface area contributed by atoms with Gasteiger partial charge in [-0.05, 0) is 49.9 Å². The molecule has 0 bridgehead atoms. The monoisotopic (exact) mass is 492 g/mol. The van der Waals surface area contributed by atoms with Crippen LogP contribution in [0.1, 0.15) is 18.5 Å². The number of fused-ring (bicyclic) bond motifs is 2. The van der Waals surface area contributed by atoms with Crippen LogP contribution in [-0.2, 0) is 4.74 Å². The third-order valence-electron chi connectivity index (χ3n) is 7.18. The number of benzene rings is 2. The first-order valence-electron chi connectivity index (χ1n) is 12.3. The summed E-state index contributed by atoms with van der Waals surface area (Å²) in [5.74, 6) is 1.61. The smallest absolute Gasteiger partial charge is 0.230 e. The molecule has 6 rings (SSSR count). The highest BCUT2D eigenvalue weighted by Gasteiger charge is 2.34. The molecule has 2 aromatic carbocycles. The molecular formula is C27H29FN4O4. The van der Waals surface area contributed by atoms with Crippen LogP contribution in [0.4, 0.5) is 4.39 Å². The zero-order chi connectivity index (χ0) is 24.6. The number of hydrogen-bond donors (Lipinski definition) is 1. The Hall–Kier alpha value is -3.43. The summed E-state index contributed by atoms with van der Waals surface area (Å²) in [6, 6.07) is 9.39. The Bertz CT molecular complexity index is 1400. The minimum Gasteiger partial charge on any atom is -0.493 e. The first-order chi connectivity index (χ1) is 17.6. The van der Waals surface area contributed by atoms with Crippen molar-refractivity contribution in [2.24, 2.45) is 5.92 Å². The normalized spacial score (nSPS) is 20.4. The van der Waals surface area contributed by atoms with Gasteiger partial charge in [0.25, 0.3) is 0 Å². The van der Waals surface area contributed by atoms with E-state index in [1.807, 2.05) is 13.0 Å². The second-order valence-electron chi connectivity index (χ2n) is 9.54. The summed E-state index contributed by atoms with van der Waals surface area (Å²) in [5, 5.41) is 1.09. The maximum atomic E-state index is 15.1. The van der Waals surface area contributed by atoms with Crippen molar-refractivity contribution >= 4 is 21.8 Å². The van der Waals surface area contributed by atoms with Gasteiger partial charge in [0.2, 0.25) is 5.88 Å². The van der Waals surface area contributed by atoms with Crippen molar-refractivity contribution in [3.8, 4) is 23.1 Å². The summed E-state index contributed by atoms with van der Waals surface area (Å²) in [6.45, 7) is 6.20. The van der Waals surface area contributed by atoms with E-state index in [0.29, 0.717) is 46.4 Å². The summed E-state index contributed by atoms with van der Waals surface area (Å²) < 4.78 is 38.3. The molecule has 0 spiro atoms. The second-order valence-corrected chi connectivity index (χ2v) is 9.54. The number of hydrogen-bond acceptors (Lipinski definition) is 7. The molecule has 1 aliphatic heterocycles. The summed E-state index contributed by atoms with van der Waals surface area (Å²) in [5.41, 5.74) is 2.23. The van der Waals surface area contributed by atoms with E-state index in [1.54, 1.807) is 31.4 Å². The molecule has 3 heterocycles. The standard InChI is InChI=1S/C27H29FN4O4/c1-16-9-19-21(31-16)3-4-23(26(19)28)36-27-20-12-24(33-2)25(13-22(20)29-15-30-27)35-14-17-10-18(11-17)32-5-7-34-8-6-32/h3-4,9,12-13,15,17-18,31H,5-8,10-11,14H2,1-2H3/t17-,18+. The average Bonchev–Trinajstić information content (AvgIpc) is 3.26. The summed E-state index contributed by atoms with van der Waals surface area (Å²) in [6.07, 6.45) is 3.67. The van der Waals surface area contributed by atoms with E-state index >= 15 is 4.39 Å². The van der Waals surface area contributed by atoms with Gasteiger partial charge in [-0.3, -0.25) is 4.90 Å². The van der Waals surface area contributed by atoms with E-state index in [0.717, 1.165) is 50.4 Å². The number of morpholine rings is 1. The van der Waals surface area contributed by atoms with E-state index in [2.05, 4.69) is 19.9 Å². The number of nitrogens with zero attached hydrogens (tertiary/aromatic N) is 3. The van der Waals surface area contributed by atoms with Crippen molar-refractivity contribution in [3.63, 3.8) is 0 Å². The van der Waals surface area contributed by atoms with Gasteiger partial charge in [-0.15, -0.1) is 0 Å². The molecule has 1 aliphatic carbocycles. The van der Waals surface area contributed by atoms with Crippen LogP contribution in [-0.4, -0.2) is 65.9 Å². The van der Waals surface area contributed by atoms with Crippen LogP contribution >= 0.6 is 0 Å². The Morgan fingerprint density at radius 2 is 1.89 bits per heavy atom. The molecule has 0 radical (unpaired) electrons. The molecule has 0 amide bonds. The predicted molar refractivity (Wildman–Crippen MR) is 134 cm³/mol. The molecule has 0 atom stereocenters. The molecular weight excluding hydrogens is 463 g/mol. The van der Waals surface area contributed by atoms with Gasteiger partial charge in [0.1, 0.15) is 6.33 Å². The molecule has 1 saturated heterocycles. The molecule has 8 nitrogen and oxygen atoms in total. The third-order valence-corrected chi connectivity index (χ3v) is 7.18. The van der Waals surface area contributed by atoms with Crippen LogP contribution < -0.4 is 14.2 Å². The number of aryl methyl sites for hydroxylation is 1. The van der Waals surface area contributed by atoms with Crippen molar-refractivity contribution < 1.29 is 23.3 Å². The highest BCUT2D eigenvalue weighted by Crippen LogP contribution is 2.39. The van der Waals surface area contributed by atoms with E-state index < -0.39 is 5.82 Å². The van der Waals surface area contributed by atoms with Crippen LogP contribution in [0.5, 0.6) is 23.1 Å². The van der Waals surface area contributed by atoms with Crippen LogP contribution in [0.25, 0.3) is 21.8 Å². The number of aromatic amines is 1. The Morgan fingerprint density at radius 3 is 2.69 bits per heavy atom. The summed E-state index contributed by atoms with van der Waals surface area (Å²) in [4.78, 5) is 14.3. The SMILES string of the molecule is COc1cc2c(Oc3ccc4[nH]c(C)cc4c3F)ncnc2cc1OC[C@H]1C[C@@H](N2CCOCC2)C1. The molecule has 36 heavy (non-hydrogen) atoms. The van der Waals surface area contributed by atoms with Crippen LogP contribution in [0, 0.1) is 18.7 Å². The number of ether oxygens (including phenoxy) is 4. The Labute approximate surface area is 208 Å². The number of aromatic nitrogens is 3. The lowest BCUT2D eigenvalue weighted by Crippen LogP contribution is -2.50. The molecule has 1 N–H and O–H groups in total. The Balaban J connectivity index is 1.19. The van der Waals surface area contributed by atoms with Gasteiger partial charge in [-0.25, -0.2) is 14.4 Å². The fourth-order valence-corrected chi connectivity index (χ4v) is 5.15. The fraction of sp³-hybridized carbons (Fsp3) is 0.407. The minimum atomic E-state index is -0.439. The molecule has 0 unspecified atom stereocenters. The maximum Gasteiger partial charge on any atom is 0.230 e. The highest BCUT2D eigenvalue weighted by atomic mass is 19.1. The van der Waals surface area contributed by atoms with Gasteiger partial charge in [0.05, 0.1) is 37.8 Å². The average molecular weight is 493 g/mol. The topological polar surface area (TPSA) is 81.7 Å². The van der Waals surface area contributed by atoms with Crippen molar-refractivity contribution in [1.82, 2.24) is 19.9 Å². The number of methoxy groups -OCH3 is 1. The van der Waals surface area contributed by atoms with Gasteiger partial charge in [-0.2, -0.15) is 0 Å². The zero-order valence-corrected chi connectivity index (χ0v) is 20.4. The van der Waals surface area contributed by atoms with Crippen molar-refractivity contribution in [1.29, 1.82) is 0 Å². The number of rotatable bonds is 7. The second kappa shape index (κ2) is 9.55. The van der Waals surface area contributed by atoms with E-state index in [4.69, 9.17) is 18.9 Å². The van der Waals surface area contributed by atoms with E-state index in [1.165, 1.54) is 6.33 Å². The Kier molecular flexibility index (Phi) is 6.10. The van der Waals surface area contributed by atoms with Gasteiger partial charge in [0.15, 0.2) is 23.1 Å². The Morgan fingerprint density at radius 1 is 1.06 bits per heavy atom. The first kappa shape index (κ1) is 23.0. The van der Waals surface area contributed by atoms with Crippen LogP contribution in [0.15, 0.2) is 36.7 Å². The van der Waals surface area contributed by atoms with E-state index in [-0.39, 0.29) is 11.6 Å². The van der Waals surface area contributed by atoms with Gasteiger partial charge >= 0.3 is 0 Å². The molecule has 9 heteroatoms. The van der Waals surface area contributed by atoms with Gasteiger partial charge in [-0.1, -0.05) is 0 Å². The maximum absolute atomic E-state index is 15.1. The fourth-order valence-electron chi connectivity index (χ4n) is 5.15. The summed E-state index contributed by atoms with van der Waals surface area (Å²) in [7, 11) is 1.60. The van der Waals surface area contributed by atoms with Gasteiger partial charge < -0.3 is 23.9 Å². The van der Waals surface area contributed by atoms with Gasteiger partial charge in [0, 0.05) is 41.8 Å². The molecule has 2 fully saturated rings. The van der Waals surface area contributed by atoms with E-state index in [9.17, 15) is 0 Å². The number of H-pyrrole nitrogens is 1. The van der Waals surface area contributed by atoms with Crippen LogP contribution in [0.3, 0.4) is 0 Å². The lowest BCUT2D eigenvalue weighted by atomic mass is 9.79. The largest absolute Gasteiger partial charge is 0.493 e. The highest BCUT2D eigenvalue weighted by molar-refractivity contribution is 5.87. The van der Waals surface area contributed by atoms with Crippen LogP contribution in [0.2, 0.25) is 0 Å².